The van der Waals surface area contributed by atoms with E-state index in [9.17, 15) is 43.2 Å². The van der Waals surface area contributed by atoms with Crippen LogP contribution in [0.15, 0.2) is 24.3 Å². The van der Waals surface area contributed by atoms with Crippen molar-refractivity contribution >= 4 is 70.9 Å². The summed E-state index contributed by atoms with van der Waals surface area (Å²) in [6.07, 6.45) is 1.31. The van der Waals surface area contributed by atoms with E-state index in [1.807, 2.05) is 13.8 Å². The summed E-state index contributed by atoms with van der Waals surface area (Å²) in [5.41, 5.74) is -0.413. The number of ether oxygens (including phenoxy) is 2. The highest BCUT2D eigenvalue weighted by atomic mass is 16.6. The van der Waals surface area contributed by atoms with Crippen LogP contribution in [0, 0.1) is 29.6 Å². The molecule has 2 aliphatic heterocycles. The number of nitrogens with one attached hydrogen (secondary N) is 5. The normalized spacial score (nSPS) is 26.6. The number of nitrogens with zero attached hydrogens (tertiary/aromatic N) is 6. The lowest BCUT2D eigenvalue weighted by atomic mass is 9.92. The number of amides is 11. The van der Waals surface area contributed by atoms with Crippen molar-refractivity contribution in [2.75, 3.05) is 55.4 Å². The van der Waals surface area contributed by atoms with Crippen molar-refractivity contribution in [3.63, 3.8) is 0 Å². The van der Waals surface area contributed by atoms with Gasteiger partial charge in [-0.2, -0.15) is 0 Å². The summed E-state index contributed by atoms with van der Waals surface area (Å²) in [6.45, 7) is 24.6. The molecule has 1 aromatic carbocycles. The van der Waals surface area contributed by atoms with Gasteiger partial charge in [0.15, 0.2) is 0 Å². The van der Waals surface area contributed by atoms with E-state index in [0.29, 0.717) is 37.0 Å². The molecule has 0 bridgehead atoms. The maximum absolute atomic E-state index is 15.3. The Morgan fingerprint density at radius 3 is 1.61 bits per heavy atom. The summed E-state index contributed by atoms with van der Waals surface area (Å²) in [4.78, 5) is 182. The Morgan fingerprint density at radius 1 is 0.562 bits per heavy atom. The lowest BCUT2D eigenvalue weighted by molar-refractivity contribution is -0.162. The van der Waals surface area contributed by atoms with Crippen LogP contribution >= 0.6 is 0 Å². The summed E-state index contributed by atoms with van der Waals surface area (Å²) < 4.78 is 11.0. The third-order valence-electron chi connectivity index (χ3n) is 17.1. The molecule has 12 atom stereocenters. The second-order valence-corrected chi connectivity index (χ2v) is 26.2. The molecular formula is C64H105N11O14. The van der Waals surface area contributed by atoms with E-state index in [2.05, 4.69) is 26.6 Å². The fraction of sp³-hybridized carbons (Fsp3) is 0.719. The highest BCUT2D eigenvalue weighted by molar-refractivity contribution is 6.00. The van der Waals surface area contributed by atoms with Gasteiger partial charge in [-0.25, -0.2) is 0 Å². The van der Waals surface area contributed by atoms with Gasteiger partial charge >= 0.3 is 5.97 Å². The molecule has 2 saturated heterocycles. The third-order valence-corrected chi connectivity index (χ3v) is 17.1. The van der Waals surface area contributed by atoms with Gasteiger partial charge in [0.25, 0.3) is 0 Å². The summed E-state index contributed by atoms with van der Waals surface area (Å²) in [5, 5.41) is 13.7. The second-order valence-electron chi connectivity index (χ2n) is 26.2. The molecule has 2 aliphatic rings. The van der Waals surface area contributed by atoms with E-state index in [-0.39, 0.29) is 19.4 Å². The number of carbonyl (C=O) groups excluding carboxylic acids is 12. The molecule has 1 aromatic rings. The molecule has 0 aromatic heterocycles. The van der Waals surface area contributed by atoms with E-state index in [1.54, 1.807) is 100 Å². The Kier molecular flexibility index (Phi) is 28.5. The topological polar surface area (TPSA) is 303 Å². The first kappa shape index (κ1) is 75.9. The molecule has 500 valence electrons. The first-order valence-electron chi connectivity index (χ1n) is 31.3. The Hall–Kier alpha value is -7.34. The second kappa shape index (κ2) is 33.5. The van der Waals surface area contributed by atoms with Gasteiger partial charge in [-0.1, -0.05) is 94.2 Å². The van der Waals surface area contributed by atoms with Crippen LogP contribution in [0.1, 0.15) is 148 Å². The molecule has 2 fully saturated rings. The maximum Gasteiger partial charge on any atom is 0.308 e. The molecule has 5 N–H and O–H groups in total. The van der Waals surface area contributed by atoms with Crippen LogP contribution in [0.2, 0.25) is 0 Å². The predicted molar refractivity (Wildman–Crippen MR) is 335 cm³/mol. The average Bonchev–Trinajstić information content (AvgIpc) is 1.37. The monoisotopic (exact) mass is 1250 g/mol. The largest absolute Gasteiger partial charge is 0.497 e. The number of carbonyl (C=O) groups is 12. The first-order valence-corrected chi connectivity index (χ1v) is 31.3. The molecule has 0 spiro atoms. The van der Waals surface area contributed by atoms with Crippen molar-refractivity contribution < 1.29 is 67.0 Å². The molecule has 2 heterocycles. The van der Waals surface area contributed by atoms with Gasteiger partial charge in [0.05, 0.1) is 20.1 Å². The fourth-order valence-electron chi connectivity index (χ4n) is 11.5. The molecular weight excluding hydrogens is 1150 g/mol. The maximum atomic E-state index is 15.3. The minimum atomic E-state index is -1.61. The van der Waals surface area contributed by atoms with Crippen molar-refractivity contribution in [1.82, 2.24) is 56.0 Å². The standard InChI is InChI=1S/C64H105N11O14/c1-22-38(9)52-56(80)65-34-47(76)71(17)50(36(5)6)57(81)68-44(32-42-27-29-43(88-21)30-28-42)55(79)66-40(11)54(78)67-41(12)59(83)75-31-25-24-26-45(75)60(84)72(18)51(37(7)8)58(82)69-49(35(3)4)62(86)70(16)46(33-48(77)89-64(13,14)15)61(85)74(20)53(39(10)23-2)63(87)73(52)19/h27-30,35-41,44-46,49-53H,22-26,31-34H2,1-21H3,(H,65,80)(H,66,79)(H,67,78)(H,68,81)(H,69,82)/t38-,39-,40+,41-,44-,45-,46-,49-,50-,51-,52-,53-/m0/s1. The zero-order valence-corrected chi connectivity index (χ0v) is 56.7. The van der Waals surface area contributed by atoms with Crippen molar-refractivity contribution in [2.45, 2.75) is 215 Å². The van der Waals surface area contributed by atoms with Crippen LogP contribution in [-0.2, 0) is 68.7 Å². The van der Waals surface area contributed by atoms with Gasteiger partial charge in [0.1, 0.15) is 71.8 Å². The Labute approximate surface area is 527 Å². The molecule has 11 amide bonds. The lowest BCUT2D eigenvalue weighted by Gasteiger charge is -2.41. The van der Waals surface area contributed by atoms with Crippen molar-refractivity contribution in [2.24, 2.45) is 29.6 Å². The van der Waals surface area contributed by atoms with Gasteiger partial charge in [0.2, 0.25) is 65.0 Å². The summed E-state index contributed by atoms with van der Waals surface area (Å²) >= 11 is 0. The number of methoxy groups -OCH3 is 1. The lowest BCUT2D eigenvalue weighted by Crippen LogP contribution is -2.63. The summed E-state index contributed by atoms with van der Waals surface area (Å²) in [6, 6.07) is -5.99. The van der Waals surface area contributed by atoms with Crippen LogP contribution in [0.3, 0.4) is 0 Å². The predicted octanol–water partition coefficient (Wildman–Crippen LogP) is 2.65. The van der Waals surface area contributed by atoms with E-state index < -0.39 is 180 Å². The quantitative estimate of drug-likeness (QED) is 0.188. The van der Waals surface area contributed by atoms with E-state index in [1.165, 1.54) is 70.9 Å². The molecule has 0 aliphatic carbocycles. The van der Waals surface area contributed by atoms with E-state index in [0.717, 1.165) is 14.7 Å². The minimum Gasteiger partial charge on any atom is -0.497 e. The smallest absolute Gasteiger partial charge is 0.308 e. The zero-order valence-electron chi connectivity index (χ0n) is 56.7. The highest BCUT2D eigenvalue weighted by Crippen LogP contribution is 2.27. The molecule has 25 heteroatoms. The fourth-order valence-corrected chi connectivity index (χ4v) is 11.5. The van der Waals surface area contributed by atoms with Crippen LogP contribution in [0.25, 0.3) is 0 Å². The Morgan fingerprint density at radius 2 is 1.08 bits per heavy atom. The van der Waals surface area contributed by atoms with Crippen LogP contribution in [0.5, 0.6) is 5.75 Å². The molecule has 0 unspecified atom stereocenters. The van der Waals surface area contributed by atoms with E-state index in [4.69, 9.17) is 9.47 Å². The molecule has 25 nitrogen and oxygen atoms in total. The van der Waals surface area contributed by atoms with Gasteiger partial charge in [-0.15, -0.1) is 0 Å². The zero-order chi connectivity index (χ0) is 67.8. The number of piperidine rings is 1. The average molecular weight is 1250 g/mol. The van der Waals surface area contributed by atoms with Crippen molar-refractivity contribution in [3.8, 4) is 5.75 Å². The summed E-state index contributed by atoms with van der Waals surface area (Å²) in [7, 11) is 8.42. The van der Waals surface area contributed by atoms with Gasteiger partial charge < -0.3 is 65.5 Å². The van der Waals surface area contributed by atoms with E-state index >= 15 is 14.4 Å². The third kappa shape index (κ3) is 20.1. The van der Waals surface area contributed by atoms with Gasteiger partial charge in [-0.3, -0.25) is 57.5 Å². The highest BCUT2D eigenvalue weighted by Gasteiger charge is 2.46. The van der Waals surface area contributed by atoms with Crippen LogP contribution in [-0.4, -0.2) is 222 Å². The number of esters is 1. The van der Waals surface area contributed by atoms with Crippen molar-refractivity contribution in [3.05, 3.63) is 29.8 Å². The number of hydrogen-bond acceptors (Lipinski definition) is 14. The molecule has 89 heavy (non-hydrogen) atoms. The number of benzene rings is 1. The first-order chi connectivity index (χ1) is 41.4. The number of rotatable bonds is 12. The molecule has 3 rings (SSSR count). The van der Waals surface area contributed by atoms with Gasteiger partial charge in [0, 0.05) is 48.2 Å². The SMILES string of the molecule is CC[C@H](C)[C@H]1C(=O)NCC(=O)N(C)[C@@H](C(C)C)C(=O)N[C@@H](Cc2ccc(OC)cc2)C(=O)N[C@H](C)C(=O)N[C@@H](C)C(=O)N2CCCC[C@H]2C(=O)N(C)[C@@H](C(C)C)C(=O)N[C@@H](C(C)C)C(=O)N(C)[C@@H](CC(=O)OC(C)(C)C)C(=O)N(C)[C@@H]([C@@H](C)CC)C(=O)N1C. The van der Waals surface area contributed by atoms with Crippen molar-refractivity contribution in [1.29, 1.82) is 0 Å². The Bertz CT molecular complexity index is 2680. The summed E-state index contributed by atoms with van der Waals surface area (Å²) in [5.74, 6) is -11.0. The number of fused-ring (bicyclic) bond motifs is 1. The number of hydrogen-bond donors (Lipinski definition) is 5. The van der Waals surface area contributed by atoms with Crippen LogP contribution in [0.4, 0.5) is 0 Å². The molecule has 0 saturated carbocycles. The molecule has 0 radical (unpaired) electrons. The minimum absolute atomic E-state index is 0.0767. The van der Waals surface area contributed by atoms with Crippen LogP contribution < -0.4 is 31.3 Å². The van der Waals surface area contributed by atoms with Gasteiger partial charge in [-0.05, 0) is 101 Å². The number of likely N-dealkylation sites (N-methyl/N-ethyl adjacent to an activating group) is 5. The Balaban J connectivity index is 2.29.